The fourth-order valence-electron chi connectivity index (χ4n) is 10.5. The second-order valence-electron chi connectivity index (χ2n) is 14.2. The number of carbonyl (C=O) groups is 2. The van der Waals surface area contributed by atoms with Gasteiger partial charge in [0.2, 0.25) is 5.91 Å². The van der Waals surface area contributed by atoms with Gasteiger partial charge in [0.05, 0.1) is 17.1 Å². The zero-order valence-corrected chi connectivity index (χ0v) is 23.9. The molecule has 4 unspecified atom stereocenters. The zero-order chi connectivity index (χ0) is 27.8. The lowest BCUT2D eigenvalue weighted by Crippen LogP contribution is -2.58. The summed E-state index contributed by atoms with van der Waals surface area (Å²) < 4.78 is 2.00. The molecule has 1 aromatic carbocycles. The third-order valence-corrected chi connectivity index (χ3v) is 12.0. The maximum absolute atomic E-state index is 14.4. The first-order valence-corrected chi connectivity index (χ1v) is 16.2. The van der Waals surface area contributed by atoms with Gasteiger partial charge in [-0.1, -0.05) is 18.6 Å². The molecule has 6 aliphatic rings. The molecule has 2 aromatic rings. The van der Waals surface area contributed by atoms with Crippen molar-refractivity contribution in [3.8, 4) is 0 Å². The summed E-state index contributed by atoms with van der Waals surface area (Å²) in [6, 6.07) is 9.08. The molecule has 8 nitrogen and oxygen atoms in total. The SMILES string of the molecule is O=C(O)CN1C(=O)CCCC1c1nc2ccccc2n(C2CC3CCCC(C2)N3[C@@H]2C[C@@H]3CC4[C@@H](C3)C[C@H]4C2)c1=O. The first-order chi connectivity index (χ1) is 19.9. The lowest BCUT2D eigenvalue weighted by Gasteiger charge is -2.54. The highest BCUT2D eigenvalue weighted by molar-refractivity contribution is 5.82. The number of aromatic nitrogens is 2. The van der Waals surface area contributed by atoms with Crippen molar-refractivity contribution in [2.24, 2.45) is 23.7 Å². The van der Waals surface area contributed by atoms with Crippen LogP contribution in [0.25, 0.3) is 11.0 Å². The number of hydrogen-bond donors (Lipinski definition) is 1. The van der Waals surface area contributed by atoms with Gasteiger partial charge in [-0.15, -0.1) is 0 Å². The smallest absolute Gasteiger partial charge is 0.323 e. The predicted molar refractivity (Wildman–Crippen MR) is 154 cm³/mol. The van der Waals surface area contributed by atoms with Crippen LogP contribution < -0.4 is 5.56 Å². The van der Waals surface area contributed by atoms with E-state index in [1.165, 1.54) is 56.3 Å². The molecule has 0 radical (unpaired) electrons. The summed E-state index contributed by atoms with van der Waals surface area (Å²) in [5, 5.41) is 9.54. The van der Waals surface area contributed by atoms with Crippen molar-refractivity contribution in [3.05, 3.63) is 40.3 Å². The minimum Gasteiger partial charge on any atom is -0.480 e. The first kappa shape index (κ1) is 25.9. The highest BCUT2D eigenvalue weighted by Gasteiger charge is 2.53. The highest BCUT2D eigenvalue weighted by Crippen LogP contribution is 2.59. The Morgan fingerprint density at radius 1 is 0.854 bits per heavy atom. The van der Waals surface area contributed by atoms with Gasteiger partial charge in [0.1, 0.15) is 12.2 Å². The second kappa shape index (κ2) is 9.92. The summed E-state index contributed by atoms with van der Waals surface area (Å²) in [5.41, 5.74) is 1.81. The van der Waals surface area contributed by atoms with E-state index in [1.54, 1.807) is 0 Å². The fraction of sp³-hybridized carbons (Fsp3) is 0.697. The number of benzene rings is 1. The highest BCUT2D eigenvalue weighted by atomic mass is 16.4. The van der Waals surface area contributed by atoms with Crippen LogP contribution in [0.15, 0.2) is 29.1 Å². The van der Waals surface area contributed by atoms with E-state index in [-0.39, 0.29) is 17.5 Å². The number of rotatable bonds is 5. The van der Waals surface area contributed by atoms with Crippen LogP contribution in [0.2, 0.25) is 0 Å². The average Bonchev–Trinajstić information content (AvgIpc) is 3.17. The molecule has 3 saturated heterocycles. The number of piperidine rings is 3. The number of fused-ring (bicyclic) bond motifs is 4. The molecule has 3 aliphatic carbocycles. The number of carboxylic acids is 1. The summed E-state index contributed by atoms with van der Waals surface area (Å²) in [6.07, 6.45) is 14.3. The lowest BCUT2D eigenvalue weighted by molar-refractivity contribution is -0.148. The van der Waals surface area contributed by atoms with Crippen molar-refractivity contribution in [1.29, 1.82) is 0 Å². The van der Waals surface area contributed by atoms with Gasteiger partial charge in [-0.05, 0) is 106 Å². The van der Waals surface area contributed by atoms with Gasteiger partial charge < -0.3 is 14.6 Å². The van der Waals surface area contributed by atoms with Crippen molar-refractivity contribution in [2.45, 2.75) is 114 Å². The number of hydrogen-bond acceptors (Lipinski definition) is 5. The van der Waals surface area contributed by atoms with Gasteiger partial charge in [0, 0.05) is 30.6 Å². The Kier molecular flexibility index (Phi) is 6.28. The van der Waals surface area contributed by atoms with Crippen LogP contribution in [0, 0.1) is 23.7 Å². The van der Waals surface area contributed by atoms with Crippen LogP contribution in [0.4, 0.5) is 0 Å². The maximum Gasteiger partial charge on any atom is 0.323 e. The summed E-state index contributed by atoms with van der Waals surface area (Å²) in [5.74, 6) is 2.63. The normalized spacial score (nSPS) is 38.5. The molecule has 4 heterocycles. The molecule has 1 aromatic heterocycles. The number of amides is 1. The molecule has 3 aliphatic heterocycles. The Labute approximate surface area is 241 Å². The van der Waals surface area contributed by atoms with Crippen LogP contribution >= 0.6 is 0 Å². The third kappa shape index (κ3) is 4.26. The summed E-state index contributed by atoms with van der Waals surface area (Å²) >= 11 is 0. The largest absolute Gasteiger partial charge is 0.480 e. The third-order valence-electron chi connectivity index (χ3n) is 12.0. The molecule has 1 amide bonds. The average molecular weight is 559 g/mol. The van der Waals surface area contributed by atoms with Crippen LogP contribution in [0.5, 0.6) is 0 Å². The Hall–Kier alpha value is -2.74. The van der Waals surface area contributed by atoms with E-state index in [0.29, 0.717) is 43.1 Å². The molecule has 8 atom stereocenters. The van der Waals surface area contributed by atoms with Gasteiger partial charge in [0.25, 0.3) is 5.56 Å². The monoisotopic (exact) mass is 558 g/mol. The van der Waals surface area contributed by atoms with Crippen LogP contribution in [0.3, 0.4) is 0 Å². The van der Waals surface area contributed by atoms with Crippen molar-refractivity contribution in [1.82, 2.24) is 19.4 Å². The molecule has 8 rings (SSSR count). The van der Waals surface area contributed by atoms with Crippen molar-refractivity contribution in [2.75, 3.05) is 6.54 Å². The van der Waals surface area contributed by atoms with E-state index < -0.39 is 18.6 Å². The molecule has 218 valence electrons. The quantitative estimate of drug-likeness (QED) is 0.560. The van der Waals surface area contributed by atoms with E-state index in [9.17, 15) is 19.5 Å². The number of carboxylic acid groups (broad SMARTS) is 1. The van der Waals surface area contributed by atoms with Crippen LogP contribution in [-0.2, 0) is 9.59 Å². The Morgan fingerprint density at radius 2 is 1.63 bits per heavy atom. The topological polar surface area (TPSA) is 95.7 Å². The molecule has 41 heavy (non-hydrogen) atoms. The lowest BCUT2D eigenvalue weighted by atomic mass is 9.64. The molecular formula is C33H42N4O4. The second-order valence-corrected chi connectivity index (χ2v) is 14.2. The fourth-order valence-corrected chi connectivity index (χ4v) is 10.5. The van der Waals surface area contributed by atoms with Crippen LogP contribution in [-0.4, -0.2) is 61.0 Å². The summed E-state index contributed by atoms with van der Waals surface area (Å²) in [7, 11) is 0. The number of nitrogens with zero attached hydrogens (tertiary/aromatic N) is 4. The maximum atomic E-state index is 14.4. The summed E-state index contributed by atoms with van der Waals surface area (Å²) in [6.45, 7) is -0.398. The Bertz CT molecular complexity index is 1420. The van der Waals surface area contributed by atoms with Gasteiger partial charge in [0.15, 0.2) is 0 Å². The van der Waals surface area contributed by atoms with Crippen molar-refractivity contribution >= 4 is 22.9 Å². The van der Waals surface area contributed by atoms with Crippen molar-refractivity contribution < 1.29 is 14.7 Å². The standard InChI is InChI=1S/C33H42N4O4/c38-30-10-4-9-29(35(30)18-31(39)40)32-33(41)37(28-8-2-1-7-27(28)34-32)25-16-22-5-3-6-23(17-25)36(22)24-12-19-11-20-14-21(15-24)26(20)13-19/h1-2,7-8,19-26,29H,3-6,9-18H2,(H,39,40)/t19-,20+,21+,22?,23?,24-,25?,26?,29?/m1/s1. The molecule has 1 N–H and O–H groups in total. The Balaban J connectivity index is 1.14. The Morgan fingerprint density at radius 3 is 2.44 bits per heavy atom. The molecule has 3 saturated carbocycles. The van der Waals surface area contributed by atoms with Gasteiger partial charge in [-0.25, -0.2) is 4.98 Å². The number of aliphatic carboxylic acids is 1. The number of likely N-dealkylation sites (tertiary alicyclic amines) is 1. The first-order valence-electron chi connectivity index (χ1n) is 16.2. The molecule has 4 bridgehead atoms. The van der Waals surface area contributed by atoms with Crippen molar-refractivity contribution in [3.63, 3.8) is 0 Å². The van der Waals surface area contributed by atoms with Gasteiger partial charge in [-0.2, -0.15) is 0 Å². The zero-order valence-electron chi connectivity index (χ0n) is 23.9. The molecule has 8 heteroatoms. The molecular weight excluding hydrogens is 516 g/mol. The van der Waals surface area contributed by atoms with E-state index in [2.05, 4.69) is 4.90 Å². The van der Waals surface area contributed by atoms with Gasteiger partial charge >= 0.3 is 5.97 Å². The predicted octanol–water partition coefficient (Wildman–Crippen LogP) is 4.92. The molecule has 0 spiro atoms. The van der Waals surface area contributed by atoms with E-state index in [4.69, 9.17) is 4.98 Å². The minimum atomic E-state index is -1.06. The van der Waals surface area contributed by atoms with Crippen LogP contribution in [0.1, 0.15) is 101 Å². The van der Waals surface area contributed by atoms with E-state index >= 15 is 0 Å². The minimum absolute atomic E-state index is 0.0863. The number of para-hydroxylation sites is 2. The van der Waals surface area contributed by atoms with E-state index in [1.807, 2.05) is 28.8 Å². The molecule has 6 fully saturated rings. The van der Waals surface area contributed by atoms with E-state index in [0.717, 1.165) is 47.5 Å². The summed E-state index contributed by atoms with van der Waals surface area (Å²) in [4.78, 5) is 48.0. The number of carbonyl (C=O) groups excluding carboxylic acids is 1. The van der Waals surface area contributed by atoms with Gasteiger partial charge in [-0.3, -0.25) is 19.3 Å².